The first-order valence-electron chi connectivity index (χ1n) is 7.52. The fraction of sp³-hybridized carbons (Fsp3) is 0.0500. The van der Waals surface area contributed by atoms with E-state index in [2.05, 4.69) is 28.8 Å². The van der Waals surface area contributed by atoms with Crippen molar-refractivity contribution in [1.82, 2.24) is 4.57 Å². The van der Waals surface area contributed by atoms with Gasteiger partial charge in [0.1, 0.15) is 0 Å². The van der Waals surface area contributed by atoms with E-state index < -0.39 is 5.97 Å². The van der Waals surface area contributed by atoms with Crippen molar-refractivity contribution in [2.75, 3.05) is 0 Å². The summed E-state index contributed by atoms with van der Waals surface area (Å²) in [5, 5.41) is 11.5. The van der Waals surface area contributed by atoms with Crippen molar-refractivity contribution in [3.8, 4) is 0 Å². The maximum Gasteiger partial charge on any atom is 0.335 e. The van der Waals surface area contributed by atoms with Crippen LogP contribution in [0.2, 0.25) is 0 Å². The van der Waals surface area contributed by atoms with E-state index in [0.717, 1.165) is 21.8 Å². The molecule has 1 N–H and O–H groups in total. The van der Waals surface area contributed by atoms with Crippen LogP contribution in [0, 0.1) is 0 Å². The average Bonchev–Trinajstić information content (AvgIpc) is 2.90. The lowest BCUT2D eigenvalue weighted by Gasteiger charge is -2.08. The first kappa shape index (κ1) is 13.6. The molecule has 0 amide bonds. The molecular formula is C20H15NO2. The summed E-state index contributed by atoms with van der Waals surface area (Å²) in [7, 11) is 0. The summed E-state index contributed by atoms with van der Waals surface area (Å²) in [4.78, 5) is 11.3. The number of rotatable bonds is 3. The topological polar surface area (TPSA) is 42.2 Å². The van der Waals surface area contributed by atoms with Crippen molar-refractivity contribution < 1.29 is 9.90 Å². The van der Waals surface area contributed by atoms with Gasteiger partial charge in [0, 0.05) is 22.8 Å². The molecule has 0 aliphatic heterocycles. The maximum absolute atomic E-state index is 11.3. The molecule has 0 radical (unpaired) electrons. The van der Waals surface area contributed by atoms with Gasteiger partial charge in [0.25, 0.3) is 0 Å². The molecule has 0 unspecified atom stereocenters. The van der Waals surface area contributed by atoms with Gasteiger partial charge in [-0.3, -0.25) is 0 Å². The van der Waals surface area contributed by atoms with Gasteiger partial charge in [0.2, 0.25) is 0 Å². The van der Waals surface area contributed by atoms with Crippen molar-refractivity contribution in [1.29, 1.82) is 0 Å². The van der Waals surface area contributed by atoms with Crippen molar-refractivity contribution in [3.63, 3.8) is 0 Å². The fourth-order valence-electron chi connectivity index (χ4n) is 3.12. The highest BCUT2D eigenvalue weighted by atomic mass is 16.4. The number of hydrogen-bond acceptors (Lipinski definition) is 1. The van der Waals surface area contributed by atoms with E-state index >= 15 is 0 Å². The molecular weight excluding hydrogens is 286 g/mol. The van der Waals surface area contributed by atoms with E-state index in [1.807, 2.05) is 36.4 Å². The Balaban J connectivity index is 2.01. The summed E-state index contributed by atoms with van der Waals surface area (Å²) in [6, 6.07) is 23.7. The smallest absolute Gasteiger partial charge is 0.335 e. The first-order chi connectivity index (χ1) is 11.2. The number of hydrogen-bond donors (Lipinski definition) is 1. The molecule has 0 aliphatic carbocycles. The third-order valence-electron chi connectivity index (χ3n) is 4.20. The van der Waals surface area contributed by atoms with E-state index in [0.29, 0.717) is 12.1 Å². The zero-order valence-electron chi connectivity index (χ0n) is 12.4. The molecule has 0 saturated carbocycles. The average molecular weight is 301 g/mol. The van der Waals surface area contributed by atoms with Gasteiger partial charge in [-0.2, -0.15) is 0 Å². The van der Waals surface area contributed by atoms with E-state index in [4.69, 9.17) is 0 Å². The highest BCUT2D eigenvalue weighted by molar-refractivity contribution is 6.09. The molecule has 3 nitrogen and oxygen atoms in total. The fourth-order valence-corrected chi connectivity index (χ4v) is 3.12. The lowest BCUT2D eigenvalue weighted by atomic mass is 10.1. The molecule has 4 rings (SSSR count). The number of para-hydroxylation sites is 1. The Morgan fingerprint density at radius 1 is 0.826 bits per heavy atom. The van der Waals surface area contributed by atoms with E-state index in [-0.39, 0.29) is 0 Å². The van der Waals surface area contributed by atoms with Crippen LogP contribution in [0.1, 0.15) is 15.9 Å². The summed E-state index contributed by atoms with van der Waals surface area (Å²) >= 11 is 0. The maximum atomic E-state index is 11.3. The SMILES string of the molecule is O=C(O)c1ccc2c3ccccc3n(Cc3ccccc3)c2c1. The molecule has 1 heterocycles. The number of aromatic nitrogens is 1. The van der Waals surface area contributed by atoms with Crippen molar-refractivity contribution >= 4 is 27.8 Å². The number of carbonyl (C=O) groups is 1. The third kappa shape index (κ3) is 2.27. The van der Waals surface area contributed by atoms with E-state index in [9.17, 15) is 9.90 Å². The van der Waals surface area contributed by atoms with Crippen molar-refractivity contribution in [2.24, 2.45) is 0 Å². The molecule has 112 valence electrons. The molecule has 23 heavy (non-hydrogen) atoms. The molecule has 0 atom stereocenters. The van der Waals surface area contributed by atoms with Crippen LogP contribution in [-0.4, -0.2) is 15.6 Å². The molecule has 0 saturated heterocycles. The Bertz CT molecular complexity index is 1020. The van der Waals surface area contributed by atoms with Crippen LogP contribution in [0.15, 0.2) is 72.8 Å². The number of carboxylic acids is 1. The number of nitrogens with zero attached hydrogens (tertiary/aromatic N) is 1. The standard InChI is InChI=1S/C20H15NO2/c22-20(23)15-10-11-17-16-8-4-5-9-18(16)21(19(17)12-15)13-14-6-2-1-3-7-14/h1-12H,13H2,(H,22,23). The lowest BCUT2D eigenvalue weighted by molar-refractivity contribution is 0.0697. The second-order valence-electron chi connectivity index (χ2n) is 5.63. The monoisotopic (exact) mass is 301 g/mol. The van der Waals surface area contributed by atoms with Crippen LogP contribution in [0.3, 0.4) is 0 Å². The lowest BCUT2D eigenvalue weighted by Crippen LogP contribution is -2.01. The molecule has 0 aliphatic rings. The molecule has 0 spiro atoms. The second kappa shape index (κ2) is 5.29. The summed E-state index contributed by atoms with van der Waals surface area (Å²) in [6.45, 7) is 0.716. The summed E-state index contributed by atoms with van der Waals surface area (Å²) in [6.07, 6.45) is 0. The predicted octanol–water partition coefficient (Wildman–Crippen LogP) is 4.54. The normalized spacial score (nSPS) is 11.1. The molecule has 4 aromatic rings. The summed E-state index contributed by atoms with van der Waals surface area (Å²) in [5.74, 6) is -0.900. The van der Waals surface area contributed by atoms with Crippen LogP contribution in [0.25, 0.3) is 21.8 Å². The van der Waals surface area contributed by atoms with Crippen molar-refractivity contribution in [2.45, 2.75) is 6.54 Å². The van der Waals surface area contributed by atoms with Gasteiger partial charge in [0.05, 0.1) is 11.1 Å². The molecule has 0 bridgehead atoms. The van der Waals surface area contributed by atoms with Gasteiger partial charge in [-0.25, -0.2) is 4.79 Å². The predicted molar refractivity (Wildman–Crippen MR) is 91.9 cm³/mol. The van der Waals surface area contributed by atoms with Gasteiger partial charge < -0.3 is 9.67 Å². The minimum absolute atomic E-state index is 0.314. The van der Waals surface area contributed by atoms with Crippen LogP contribution < -0.4 is 0 Å². The number of carboxylic acid groups (broad SMARTS) is 1. The van der Waals surface area contributed by atoms with Gasteiger partial charge >= 0.3 is 5.97 Å². The molecule has 1 aromatic heterocycles. The van der Waals surface area contributed by atoms with Gasteiger partial charge in [0.15, 0.2) is 0 Å². The third-order valence-corrected chi connectivity index (χ3v) is 4.20. The highest BCUT2D eigenvalue weighted by Crippen LogP contribution is 2.30. The van der Waals surface area contributed by atoms with E-state index in [1.165, 1.54) is 5.56 Å². The second-order valence-corrected chi connectivity index (χ2v) is 5.63. The molecule has 3 heteroatoms. The Kier molecular flexibility index (Phi) is 3.12. The largest absolute Gasteiger partial charge is 0.478 e. The number of aromatic carboxylic acids is 1. The Morgan fingerprint density at radius 3 is 2.30 bits per heavy atom. The van der Waals surface area contributed by atoms with Crippen LogP contribution in [-0.2, 0) is 6.54 Å². The highest BCUT2D eigenvalue weighted by Gasteiger charge is 2.13. The van der Waals surface area contributed by atoms with Gasteiger partial charge in [-0.1, -0.05) is 54.6 Å². The summed E-state index contributed by atoms with van der Waals surface area (Å²) < 4.78 is 2.19. The van der Waals surface area contributed by atoms with E-state index in [1.54, 1.807) is 12.1 Å². The molecule has 3 aromatic carbocycles. The van der Waals surface area contributed by atoms with Gasteiger partial charge in [-0.15, -0.1) is 0 Å². The van der Waals surface area contributed by atoms with Crippen LogP contribution >= 0.6 is 0 Å². The zero-order chi connectivity index (χ0) is 15.8. The van der Waals surface area contributed by atoms with Crippen molar-refractivity contribution in [3.05, 3.63) is 83.9 Å². The van der Waals surface area contributed by atoms with Gasteiger partial charge in [-0.05, 0) is 23.8 Å². The number of fused-ring (bicyclic) bond motifs is 3. The Morgan fingerprint density at radius 2 is 1.52 bits per heavy atom. The minimum Gasteiger partial charge on any atom is -0.478 e. The zero-order valence-corrected chi connectivity index (χ0v) is 12.4. The number of benzene rings is 3. The quantitative estimate of drug-likeness (QED) is 0.603. The Hall–Kier alpha value is -3.07. The van der Waals surface area contributed by atoms with Crippen LogP contribution in [0.4, 0.5) is 0 Å². The van der Waals surface area contributed by atoms with Crippen LogP contribution in [0.5, 0.6) is 0 Å². The molecule has 0 fully saturated rings. The minimum atomic E-state index is -0.900. The summed E-state index contributed by atoms with van der Waals surface area (Å²) in [5.41, 5.74) is 3.58. The Labute approximate surface area is 133 Å². The first-order valence-corrected chi connectivity index (χ1v) is 7.52.